The monoisotopic (exact) mass is 324 g/mol. The van der Waals surface area contributed by atoms with E-state index < -0.39 is 17.7 Å². The van der Waals surface area contributed by atoms with Gasteiger partial charge in [0.1, 0.15) is 5.82 Å². The van der Waals surface area contributed by atoms with E-state index >= 15 is 0 Å². The van der Waals surface area contributed by atoms with E-state index in [0.717, 1.165) is 18.2 Å². The summed E-state index contributed by atoms with van der Waals surface area (Å²) >= 11 is 0. The van der Waals surface area contributed by atoms with Gasteiger partial charge in [0.05, 0.1) is 11.3 Å². The average molecular weight is 324 g/mol. The summed E-state index contributed by atoms with van der Waals surface area (Å²) in [6, 6.07) is 3.18. The van der Waals surface area contributed by atoms with Gasteiger partial charge in [-0.15, -0.1) is 0 Å². The number of benzene rings is 1. The summed E-state index contributed by atoms with van der Waals surface area (Å²) in [5.74, 6) is -2.39. The molecule has 0 aliphatic rings. The molecule has 0 aliphatic carbocycles. The maximum absolute atomic E-state index is 13.6. The van der Waals surface area contributed by atoms with E-state index in [9.17, 15) is 18.8 Å². The minimum absolute atomic E-state index is 0.0261. The molecule has 126 valence electrons. The lowest BCUT2D eigenvalue weighted by Gasteiger charge is -2.18. The molecule has 6 nitrogen and oxygen atoms in total. The fraction of sp³-hybridized carbons (Fsp3) is 0.438. The first kappa shape index (κ1) is 18.6. The maximum Gasteiger partial charge on any atom is 0.335 e. The summed E-state index contributed by atoms with van der Waals surface area (Å²) in [5.41, 5.74) is -0.289. The van der Waals surface area contributed by atoms with Crippen LogP contribution in [0.25, 0.3) is 0 Å². The maximum atomic E-state index is 13.6. The normalized spacial score (nSPS) is 10.2. The van der Waals surface area contributed by atoms with Gasteiger partial charge < -0.3 is 15.3 Å². The lowest BCUT2D eigenvalue weighted by Crippen LogP contribution is -2.30. The van der Waals surface area contributed by atoms with Crippen LogP contribution in [0.5, 0.6) is 0 Å². The molecule has 1 aromatic rings. The number of anilines is 1. The Morgan fingerprint density at radius 2 is 1.83 bits per heavy atom. The first-order valence-corrected chi connectivity index (χ1v) is 7.49. The highest BCUT2D eigenvalue weighted by Gasteiger charge is 2.13. The Morgan fingerprint density at radius 1 is 1.17 bits per heavy atom. The number of rotatable bonds is 8. The fourth-order valence-corrected chi connectivity index (χ4v) is 2.10. The van der Waals surface area contributed by atoms with Crippen LogP contribution in [0.15, 0.2) is 18.2 Å². The molecular weight excluding hydrogens is 303 g/mol. The first-order valence-electron chi connectivity index (χ1n) is 7.49. The average Bonchev–Trinajstić information content (AvgIpc) is 2.50. The van der Waals surface area contributed by atoms with Crippen LogP contribution >= 0.6 is 0 Å². The second kappa shape index (κ2) is 8.87. The molecule has 0 aliphatic heterocycles. The van der Waals surface area contributed by atoms with Crippen molar-refractivity contribution in [1.29, 1.82) is 0 Å². The van der Waals surface area contributed by atoms with Gasteiger partial charge in [0, 0.05) is 25.9 Å². The van der Waals surface area contributed by atoms with Crippen LogP contribution in [0.1, 0.15) is 43.5 Å². The van der Waals surface area contributed by atoms with Crippen LogP contribution in [-0.2, 0) is 9.59 Å². The molecule has 0 aromatic heterocycles. The van der Waals surface area contributed by atoms with Gasteiger partial charge in [0.15, 0.2) is 0 Å². The lowest BCUT2D eigenvalue weighted by molar-refractivity contribution is -0.131. The number of amides is 2. The molecule has 0 saturated heterocycles. The SMILES string of the molecule is CCN(CC)C(=O)CCCC(=O)Nc1cc(C(=O)O)ccc1F. The Morgan fingerprint density at radius 3 is 2.39 bits per heavy atom. The number of halogens is 1. The van der Waals surface area contributed by atoms with Crippen molar-refractivity contribution >= 4 is 23.5 Å². The number of hydrogen-bond donors (Lipinski definition) is 2. The van der Waals surface area contributed by atoms with Gasteiger partial charge >= 0.3 is 5.97 Å². The van der Waals surface area contributed by atoms with Crippen molar-refractivity contribution in [2.75, 3.05) is 18.4 Å². The zero-order chi connectivity index (χ0) is 17.4. The largest absolute Gasteiger partial charge is 0.478 e. The van der Waals surface area contributed by atoms with Crippen molar-refractivity contribution < 1.29 is 23.9 Å². The summed E-state index contributed by atoms with van der Waals surface area (Å²) in [5, 5.41) is 11.2. The van der Waals surface area contributed by atoms with Crippen LogP contribution in [0.4, 0.5) is 10.1 Å². The zero-order valence-electron chi connectivity index (χ0n) is 13.3. The number of aromatic carboxylic acids is 1. The van der Waals surface area contributed by atoms with Crippen LogP contribution in [0, 0.1) is 5.82 Å². The van der Waals surface area contributed by atoms with Gasteiger partial charge in [0.2, 0.25) is 11.8 Å². The molecule has 0 unspecified atom stereocenters. The van der Waals surface area contributed by atoms with Gasteiger partial charge in [-0.25, -0.2) is 9.18 Å². The topological polar surface area (TPSA) is 86.7 Å². The second-order valence-electron chi connectivity index (χ2n) is 4.97. The minimum Gasteiger partial charge on any atom is -0.478 e. The number of hydrogen-bond acceptors (Lipinski definition) is 3. The van der Waals surface area contributed by atoms with E-state index in [-0.39, 0.29) is 30.0 Å². The van der Waals surface area contributed by atoms with Crippen LogP contribution in [0.2, 0.25) is 0 Å². The van der Waals surface area contributed by atoms with Gasteiger partial charge in [-0.05, 0) is 38.5 Å². The van der Waals surface area contributed by atoms with Crippen LogP contribution in [-0.4, -0.2) is 40.9 Å². The van der Waals surface area contributed by atoms with Crippen LogP contribution < -0.4 is 5.32 Å². The van der Waals surface area contributed by atoms with Crippen molar-refractivity contribution in [2.24, 2.45) is 0 Å². The first-order chi connectivity index (χ1) is 10.9. The van der Waals surface area contributed by atoms with Gasteiger partial charge in [0.25, 0.3) is 0 Å². The van der Waals surface area contributed by atoms with Gasteiger partial charge in [-0.3, -0.25) is 9.59 Å². The summed E-state index contributed by atoms with van der Waals surface area (Å²) in [6.07, 6.45) is 0.651. The van der Waals surface area contributed by atoms with E-state index in [0.29, 0.717) is 19.5 Å². The molecule has 0 fully saturated rings. The van der Waals surface area contributed by atoms with E-state index in [1.807, 2.05) is 13.8 Å². The number of carbonyl (C=O) groups excluding carboxylic acids is 2. The van der Waals surface area contributed by atoms with E-state index in [2.05, 4.69) is 5.32 Å². The molecule has 0 saturated carbocycles. The smallest absolute Gasteiger partial charge is 0.335 e. The third-order valence-corrected chi connectivity index (χ3v) is 3.40. The molecule has 23 heavy (non-hydrogen) atoms. The minimum atomic E-state index is -1.20. The predicted molar refractivity (Wildman–Crippen MR) is 83.8 cm³/mol. The van der Waals surface area contributed by atoms with E-state index in [1.54, 1.807) is 4.90 Å². The quantitative estimate of drug-likeness (QED) is 0.769. The summed E-state index contributed by atoms with van der Waals surface area (Å²) in [4.78, 5) is 36.1. The molecule has 0 radical (unpaired) electrons. The molecule has 1 rings (SSSR count). The molecule has 2 amide bonds. The standard InChI is InChI=1S/C16H21FN2O4/c1-3-19(4-2)15(21)7-5-6-14(20)18-13-10-11(16(22)23)8-9-12(13)17/h8-10H,3-7H2,1-2H3,(H,18,20)(H,22,23). The number of nitrogens with zero attached hydrogens (tertiary/aromatic N) is 1. The molecule has 7 heteroatoms. The Bertz CT molecular complexity index is 585. The predicted octanol–water partition coefficient (Wildman–Crippen LogP) is 2.50. The number of carboxylic acid groups (broad SMARTS) is 1. The summed E-state index contributed by atoms with van der Waals surface area (Å²) in [6.45, 7) is 5.00. The van der Waals surface area contributed by atoms with E-state index in [4.69, 9.17) is 5.11 Å². The van der Waals surface area contributed by atoms with Crippen LogP contribution in [0.3, 0.4) is 0 Å². The molecule has 1 aromatic carbocycles. The third-order valence-electron chi connectivity index (χ3n) is 3.40. The summed E-state index contributed by atoms with van der Waals surface area (Å²) in [7, 11) is 0. The Hall–Kier alpha value is -2.44. The van der Waals surface area contributed by atoms with Crippen molar-refractivity contribution in [3.8, 4) is 0 Å². The van der Waals surface area contributed by atoms with E-state index in [1.165, 1.54) is 0 Å². The second-order valence-corrected chi connectivity index (χ2v) is 4.97. The molecule has 0 bridgehead atoms. The fourth-order valence-electron chi connectivity index (χ4n) is 2.10. The van der Waals surface area contributed by atoms with Gasteiger partial charge in [-0.2, -0.15) is 0 Å². The highest BCUT2D eigenvalue weighted by atomic mass is 19.1. The Kier molecular flexibility index (Phi) is 7.18. The molecule has 2 N–H and O–H groups in total. The Balaban J connectivity index is 2.53. The number of carbonyl (C=O) groups is 3. The van der Waals surface area contributed by atoms with Crippen molar-refractivity contribution in [1.82, 2.24) is 4.90 Å². The molecule has 0 atom stereocenters. The molecule has 0 spiro atoms. The molecular formula is C16H21FN2O4. The van der Waals surface area contributed by atoms with Gasteiger partial charge in [-0.1, -0.05) is 0 Å². The van der Waals surface area contributed by atoms with Crippen molar-refractivity contribution in [3.63, 3.8) is 0 Å². The van der Waals surface area contributed by atoms with Crippen molar-refractivity contribution in [2.45, 2.75) is 33.1 Å². The molecule has 0 heterocycles. The Labute approximate surface area is 134 Å². The number of nitrogens with one attached hydrogen (secondary N) is 1. The highest BCUT2D eigenvalue weighted by molar-refractivity contribution is 5.94. The lowest BCUT2D eigenvalue weighted by atomic mass is 10.1. The zero-order valence-corrected chi connectivity index (χ0v) is 13.3. The van der Waals surface area contributed by atoms with Crippen molar-refractivity contribution in [3.05, 3.63) is 29.6 Å². The number of carboxylic acids is 1. The summed E-state index contributed by atoms with van der Waals surface area (Å²) < 4.78 is 13.6. The highest BCUT2D eigenvalue weighted by Crippen LogP contribution is 2.17. The third kappa shape index (κ3) is 5.69.